The zero-order chi connectivity index (χ0) is 11.4. The molecule has 0 aliphatic heterocycles. The average Bonchev–Trinajstić information content (AvgIpc) is 2.16. The van der Waals surface area contributed by atoms with Crippen LogP contribution < -0.4 is 4.74 Å². The summed E-state index contributed by atoms with van der Waals surface area (Å²) in [5, 5.41) is 10.5. The Hall–Kier alpha value is -0.270. The van der Waals surface area contributed by atoms with Crippen LogP contribution in [0.5, 0.6) is 5.75 Å². The second kappa shape index (κ2) is 5.72. The summed E-state index contributed by atoms with van der Waals surface area (Å²) in [5.74, 6) is 1.13. The number of nitro benzene ring substituents is 1. The molecule has 7 heteroatoms. The van der Waals surface area contributed by atoms with Crippen molar-refractivity contribution < 1.29 is 9.66 Å². The smallest absolute Gasteiger partial charge is 0.271 e. The predicted molar refractivity (Wildman–Crippen MR) is 67.8 cm³/mol. The molecule has 0 aromatic heterocycles. The third-order valence-corrected chi connectivity index (χ3v) is 2.89. The number of nitro groups is 1. The van der Waals surface area contributed by atoms with Gasteiger partial charge in [-0.3, -0.25) is 10.1 Å². The van der Waals surface area contributed by atoms with Crippen molar-refractivity contribution in [2.45, 2.75) is 0 Å². The maximum atomic E-state index is 10.5. The number of thiol groups is 1. The van der Waals surface area contributed by atoms with Gasteiger partial charge in [-0.1, -0.05) is 0 Å². The molecule has 1 aromatic rings. The molecule has 0 unspecified atom stereocenters. The van der Waals surface area contributed by atoms with E-state index >= 15 is 0 Å². The highest BCUT2D eigenvalue weighted by molar-refractivity contribution is 9.11. The Kier molecular flexibility index (Phi) is 4.88. The lowest BCUT2D eigenvalue weighted by Crippen LogP contribution is -2.00. The SMILES string of the molecule is O=[N+]([O-])c1cc(Br)c(OCCS)c(Br)c1. The first kappa shape index (κ1) is 12.8. The van der Waals surface area contributed by atoms with E-state index in [1.165, 1.54) is 12.1 Å². The predicted octanol–water partition coefficient (Wildman–Crippen LogP) is 3.43. The lowest BCUT2D eigenvalue weighted by molar-refractivity contribution is -0.385. The number of ether oxygens (including phenoxy) is 1. The van der Waals surface area contributed by atoms with Gasteiger partial charge in [0, 0.05) is 17.9 Å². The Balaban J connectivity index is 3.04. The normalized spacial score (nSPS) is 10.1. The first-order chi connectivity index (χ1) is 7.06. The van der Waals surface area contributed by atoms with Gasteiger partial charge in [0.2, 0.25) is 0 Å². The molecule has 1 rings (SSSR count). The van der Waals surface area contributed by atoms with E-state index in [1.807, 2.05) is 0 Å². The summed E-state index contributed by atoms with van der Waals surface area (Å²) in [7, 11) is 0. The van der Waals surface area contributed by atoms with Gasteiger partial charge in [-0.15, -0.1) is 0 Å². The summed E-state index contributed by atoms with van der Waals surface area (Å²) < 4.78 is 6.45. The van der Waals surface area contributed by atoms with E-state index in [0.29, 0.717) is 27.1 Å². The van der Waals surface area contributed by atoms with Crippen LogP contribution in [-0.2, 0) is 0 Å². The van der Waals surface area contributed by atoms with Gasteiger partial charge in [-0.2, -0.15) is 12.6 Å². The van der Waals surface area contributed by atoms with Gasteiger partial charge in [0.05, 0.1) is 20.5 Å². The summed E-state index contributed by atoms with van der Waals surface area (Å²) in [4.78, 5) is 10.1. The topological polar surface area (TPSA) is 52.4 Å². The highest BCUT2D eigenvalue weighted by Crippen LogP contribution is 2.37. The van der Waals surface area contributed by atoms with Crippen LogP contribution in [0.15, 0.2) is 21.1 Å². The summed E-state index contributed by atoms with van der Waals surface area (Å²) >= 11 is 10.4. The van der Waals surface area contributed by atoms with E-state index in [9.17, 15) is 10.1 Å². The molecule has 0 saturated carbocycles. The molecule has 0 spiro atoms. The zero-order valence-electron chi connectivity index (χ0n) is 7.44. The van der Waals surface area contributed by atoms with Crippen LogP contribution in [0.4, 0.5) is 5.69 Å². The van der Waals surface area contributed by atoms with Crippen molar-refractivity contribution in [3.05, 3.63) is 31.2 Å². The van der Waals surface area contributed by atoms with Crippen molar-refractivity contribution in [3.63, 3.8) is 0 Å². The first-order valence-corrected chi connectivity index (χ1v) is 6.15. The number of rotatable bonds is 4. The zero-order valence-corrected chi connectivity index (χ0v) is 11.5. The minimum Gasteiger partial charge on any atom is -0.490 e. The van der Waals surface area contributed by atoms with Crippen molar-refractivity contribution in [3.8, 4) is 5.75 Å². The Morgan fingerprint density at radius 1 is 1.40 bits per heavy atom. The number of nitrogens with zero attached hydrogens (tertiary/aromatic N) is 1. The Labute approximate surface area is 109 Å². The van der Waals surface area contributed by atoms with Crippen LogP contribution in [0, 0.1) is 10.1 Å². The molecule has 0 bridgehead atoms. The minimum absolute atomic E-state index is 0.00646. The molecule has 0 aliphatic carbocycles. The Morgan fingerprint density at radius 2 is 1.93 bits per heavy atom. The quantitative estimate of drug-likeness (QED) is 0.510. The molecule has 0 heterocycles. The van der Waals surface area contributed by atoms with Crippen LogP contribution in [0.3, 0.4) is 0 Å². The lowest BCUT2D eigenvalue weighted by atomic mass is 10.3. The molecule has 0 aliphatic rings. The van der Waals surface area contributed by atoms with Gasteiger partial charge in [0.1, 0.15) is 5.75 Å². The van der Waals surface area contributed by atoms with Crippen molar-refractivity contribution in [1.82, 2.24) is 0 Å². The molecular formula is C8H7Br2NO3S. The van der Waals surface area contributed by atoms with Crippen molar-refractivity contribution in [1.29, 1.82) is 0 Å². The fourth-order valence-electron chi connectivity index (χ4n) is 0.938. The van der Waals surface area contributed by atoms with E-state index in [4.69, 9.17) is 4.74 Å². The van der Waals surface area contributed by atoms with Crippen molar-refractivity contribution in [2.24, 2.45) is 0 Å². The summed E-state index contributed by atoms with van der Waals surface area (Å²) in [6.07, 6.45) is 0. The van der Waals surface area contributed by atoms with Crippen LogP contribution in [0.25, 0.3) is 0 Å². The summed E-state index contributed by atoms with van der Waals surface area (Å²) in [6, 6.07) is 2.80. The molecule has 4 nitrogen and oxygen atoms in total. The van der Waals surface area contributed by atoms with Crippen molar-refractivity contribution in [2.75, 3.05) is 12.4 Å². The van der Waals surface area contributed by atoms with E-state index in [2.05, 4.69) is 44.5 Å². The van der Waals surface area contributed by atoms with Crippen LogP contribution >= 0.6 is 44.5 Å². The number of hydrogen-bond acceptors (Lipinski definition) is 4. The van der Waals surface area contributed by atoms with Gasteiger partial charge in [-0.05, 0) is 31.9 Å². The van der Waals surface area contributed by atoms with Crippen molar-refractivity contribution >= 4 is 50.2 Å². The van der Waals surface area contributed by atoms with Gasteiger partial charge in [0.15, 0.2) is 0 Å². The van der Waals surface area contributed by atoms with Gasteiger partial charge < -0.3 is 4.74 Å². The molecule has 0 radical (unpaired) electrons. The maximum absolute atomic E-state index is 10.5. The fourth-order valence-corrected chi connectivity index (χ4v) is 2.42. The molecule has 15 heavy (non-hydrogen) atoms. The Morgan fingerprint density at radius 3 is 2.33 bits per heavy atom. The van der Waals surface area contributed by atoms with E-state index in [1.54, 1.807) is 0 Å². The lowest BCUT2D eigenvalue weighted by Gasteiger charge is -2.08. The second-order valence-electron chi connectivity index (χ2n) is 2.57. The van der Waals surface area contributed by atoms with Gasteiger partial charge >= 0.3 is 0 Å². The number of non-ortho nitro benzene ring substituents is 1. The van der Waals surface area contributed by atoms with Gasteiger partial charge in [0.25, 0.3) is 5.69 Å². The molecule has 82 valence electrons. The average molecular weight is 357 g/mol. The molecule has 0 saturated heterocycles. The van der Waals surface area contributed by atoms with Crippen LogP contribution in [-0.4, -0.2) is 17.3 Å². The number of halogens is 2. The van der Waals surface area contributed by atoms with E-state index < -0.39 is 4.92 Å². The molecule has 0 N–H and O–H groups in total. The fraction of sp³-hybridized carbons (Fsp3) is 0.250. The number of benzene rings is 1. The van der Waals surface area contributed by atoms with Crippen LogP contribution in [0.1, 0.15) is 0 Å². The van der Waals surface area contributed by atoms with E-state index in [0.717, 1.165) is 0 Å². The Bertz CT molecular complexity index is 363. The highest BCUT2D eigenvalue weighted by atomic mass is 79.9. The van der Waals surface area contributed by atoms with Gasteiger partial charge in [-0.25, -0.2) is 0 Å². The third-order valence-electron chi connectivity index (χ3n) is 1.53. The molecule has 0 fully saturated rings. The first-order valence-electron chi connectivity index (χ1n) is 3.93. The number of hydrogen-bond donors (Lipinski definition) is 1. The van der Waals surface area contributed by atoms with E-state index in [-0.39, 0.29) is 5.69 Å². The molecule has 1 aromatic carbocycles. The third kappa shape index (κ3) is 3.35. The maximum Gasteiger partial charge on any atom is 0.271 e. The second-order valence-corrected chi connectivity index (χ2v) is 4.72. The summed E-state index contributed by atoms with van der Waals surface area (Å²) in [5.41, 5.74) is 0.00646. The monoisotopic (exact) mass is 355 g/mol. The molecule has 0 amide bonds. The standard InChI is InChI=1S/C8H7Br2NO3S/c9-6-3-5(11(12)13)4-7(10)8(6)14-1-2-15/h3-4,15H,1-2H2. The molecule has 0 atom stereocenters. The highest BCUT2D eigenvalue weighted by Gasteiger charge is 2.14. The summed E-state index contributed by atoms with van der Waals surface area (Å²) in [6.45, 7) is 0.443. The largest absolute Gasteiger partial charge is 0.490 e. The van der Waals surface area contributed by atoms with Crippen LogP contribution in [0.2, 0.25) is 0 Å². The minimum atomic E-state index is -0.460. The molecular weight excluding hydrogens is 350 g/mol.